The van der Waals surface area contributed by atoms with Crippen LogP contribution in [0.1, 0.15) is 25.0 Å². The van der Waals surface area contributed by atoms with E-state index in [-0.39, 0.29) is 17.9 Å². The molecule has 2 nitrogen and oxygen atoms in total. The predicted octanol–water partition coefficient (Wildman–Crippen LogP) is 2.59. The van der Waals surface area contributed by atoms with Gasteiger partial charge in [-0.3, -0.25) is 0 Å². The van der Waals surface area contributed by atoms with Crippen LogP contribution < -0.4 is 5.73 Å². The van der Waals surface area contributed by atoms with Crippen LogP contribution in [0.15, 0.2) is 24.3 Å². The van der Waals surface area contributed by atoms with Crippen molar-refractivity contribution in [3.8, 4) is 0 Å². The molecule has 0 aromatic heterocycles. The van der Waals surface area contributed by atoms with Crippen LogP contribution in [-0.4, -0.2) is 24.0 Å². The van der Waals surface area contributed by atoms with E-state index in [2.05, 4.69) is 57.0 Å². The predicted molar refractivity (Wildman–Crippen MR) is 73.0 cm³/mol. The Morgan fingerprint density at radius 2 is 1.94 bits per heavy atom. The van der Waals surface area contributed by atoms with Gasteiger partial charge in [0.25, 0.3) is 0 Å². The summed E-state index contributed by atoms with van der Waals surface area (Å²) in [5.41, 5.74) is 8.51. The summed E-state index contributed by atoms with van der Waals surface area (Å²) < 4.78 is 0. The molecule has 0 saturated heterocycles. The highest BCUT2D eigenvalue weighted by atomic mass is 35.5. The molecule has 0 bridgehead atoms. The third-order valence-corrected chi connectivity index (χ3v) is 2.21. The van der Waals surface area contributed by atoms with Crippen LogP contribution in [0.2, 0.25) is 0 Å². The van der Waals surface area contributed by atoms with Crippen LogP contribution in [-0.2, 0) is 6.54 Å². The summed E-state index contributed by atoms with van der Waals surface area (Å²) in [6.07, 6.45) is 0. The fourth-order valence-corrected chi connectivity index (χ4v) is 1.87. The quantitative estimate of drug-likeness (QED) is 0.880. The molecule has 16 heavy (non-hydrogen) atoms. The molecule has 0 heterocycles. The second-order valence-corrected chi connectivity index (χ2v) is 5.15. The van der Waals surface area contributed by atoms with Gasteiger partial charge in [0.05, 0.1) is 0 Å². The number of rotatable bonds is 4. The second kappa shape index (κ2) is 6.24. The van der Waals surface area contributed by atoms with Crippen LogP contribution >= 0.6 is 12.4 Å². The molecule has 92 valence electrons. The molecule has 0 spiro atoms. The van der Waals surface area contributed by atoms with Gasteiger partial charge in [0.1, 0.15) is 0 Å². The Morgan fingerprint density at radius 1 is 1.31 bits per heavy atom. The van der Waals surface area contributed by atoms with E-state index < -0.39 is 0 Å². The first-order chi connectivity index (χ1) is 6.87. The Balaban J connectivity index is 0.00000225. The molecule has 0 aliphatic heterocycles. The Bertz CT molecular complexity index is 318. The number of nitrogens with zero attached hydrogens (tertiary/aromatic N) is 1. The maximum atomic E-state index is 5.98. The molecule has 3 heteroatoms. The van der Waals surface area contributed by atoms with Gasteiger partial charge >= 0.3 is 0 Å². The number of aryl methyl sites for hydroxylation is 1. The molecular formula is C13H23ClN2. The van der Waals surface area contributed by atoms with Crippen molar-refractivity contribution >= 4 is 12.4 Å². The average Bonchev–Trinajstić information content (AvgIpc) is 1.99. The fourth-order valence-electron chi connectivity index (χ4n) is 1.87. The molecule has 0 saturated carbocycles. The van der Waals surface area contributed by atoms with Crippen molar-refractivity contribution < 1.29 is 0 Å². The first-order valence-corrected chi connectivity index (χ1v) is 5.40. The second-order valence-electron chi connectivity index (χ2n) is 5.15. The van der Waals surface area contributed by atoms with E-state index in [1.165, 1.54) is 11.1 Å². The van der Waals surface area contributed by atoms with Gasteiger partial charge in [0, 0.05) is 18.6 Å². The van der Waals surface area contributed by atoms with Crippen molar-refractivity contribution in [1.29, 1.82) is 0 Å². The minimum Gasteiger partial charge on any atom is -0.324 e. The van der Waals surface area contributed by atoms with Crippen LogP contribution in [0, 0.1) is 6.92 Å². The van der Waals surface area contributed by atoms with Crippen molar-refractivity contribution in [2.45, 2.75) is 32.9 Å². The lowest BCUT2D eigenvalue weighted by atomic mass is 10.1. The summed E-state index contributed by atoms with van der Waals surface area (Å²) in [6, 6.07) is 8.61. The molecule has 0 amide bonds. The topological polar surface area (TPSA) is 29.3 Å². The van der Waals surface area contributed by atoms with Crippen LogP contribution in [0.3, 0.4) is 0 Å². The van der Waals surface area contributed by atoms with E-state index in [0.29, 0.717) is 0 Å². The Kier molecular flexibility index (Phi) is 6.01. The van der Waals surface area contributed by atoms with Crippen LogP contribution in [0.4, 0.5) is 0 Å². The molecule has 0 fully saturated rings. The van der Waals surface area contributed by atoms with Gasteiger partial charge in [-0.15, -0.1) is 12.4 Å². The minimum atomic E-state index is -0.126. The van der Waals surface area contributed by atoms with E-state index in [4.69, 9.17) is 5.73 Å². The van der Waals surface area contributed by atoms with E-state index in [0.717, 1.165) is 13.1 Å². The Hall–Kier alpha value is -0.570. The molecule has 0 atom stereocenters. The lowest BCUT2D eigenvalue weighted by Gasteiger charge is -2.26. The van der Waals surface area contributed by atoms with Crippen molar-refractivity contribution in [3.63, 3.8) is 0 Å². The maximum Gasteiger partial charge on any atom is 0.0231 e. The van der Waals surface area contributed by atoms with Crippen molar-refractivity contribution in [2.75, 3.05) is 13.6 Å². The van der Waals surface area contributed by atoms with E-state index in [9.17, 15) is 0 Å². The molecule has 0 aliphatic rings. The molecule has 1 aromatic carbocycles. The smallest absolute Gasteiger partial charge is 0.0231 e. The lowest BCUT2D eigenvalue weighted by Crippen LogP contribution is -2.43. The van der Waals surface area contributed by atoms with Gasteiger partial charge < -0.3 is 10.6 Å². The molecule has 2 N–H and O–H groups in total. The average molecular weight is 243 g/mol. The lowest BCUT2D eigenvalue weighted by molar-refractivity contribution is 0.263. The molecule has 1 aromatic rings. The highest BCUT2D eigenvalue weighted by Crippen LogP contribution is 2.08. The Labute approximate surface area is 105 Å². The zero-order chi connectivity index (χ0) is 11.5. The summed E-state index contributed by atoms with van der Waals surface area (Å²) in [5, 5.41) is 0. The summed E-state index contributed by atoms with van der Waals surface area (Å²) in [5.74, 6) is 0. The van der Waals surface area contributed by atoms with Crippen LogP contribution in [0.25, 0.3) is 0 Å². The third kappa shape index (κ3) is 6.11. The van der Waals surface area contributed by atoms with Gasteiger partial charge in [0.15, 0.2) is 0 Å². The largest absolute Gasteiger partial charge is 0.324 e. The monoisotopic (exact) mass is 242 g/mol. The SMILES string of the molecule is Cc1cccc(CN(C)CC(C)(C)N)c1.Cl. The summed E-state index contributed by atoms with van der Waals surface area (Å²) in [7, 11) is 2.11. The Morgan fingerprint density at radius 3 is 2.44 bits per heavy atom. The molecule has 0 aliphatic carbocycles. The highest BCUT2D eigenvalue weighted by molar-refractivity contribution is 5.85. The van der Waals surface area contributed by atoms with Crippen molar-refractivity contribution in [2.24, 2.45) is 5.73 Å². The highest BCUT2D eigenvalue weighted by Gasteiger charge is 2.13. The first-order valence-electron chi connectivity index (χ1n) is 5.40. The third-order valence-electron chi connectivity index (χ3n) is 2.21. The number of hydrogen-bond acceptors (Lipinski definition) is 2. The molecule has 1 rings (SSSR count). The number of halogens is 1. The molecule has 0 unspecified atom stereocenters. The number of benzene rings is 1. The van der Waals surface area contributed by atoms with Gasteiger partial charge in [-0.1, -0.05) is 29.8 Å². The normalized spacial score (nSPS) is 11.4. The summed E-state index contributed by atoms with van der Waals surface area (Å²) in [4.78, 5) is 2.26. The zero-order valence-corrected chi connectivity index (χ0v) is 11.5. The van der Waals surface area contributed by atoms with Gasteiger partial charge in [-0.2, -0.15) is 0 Å². The van der Waals surface area contributed by atoms with Crippen LogP contribution in [0.5, 0.6) is 0 Å². The van der Waals surface area contributed by atoms with Crippen molar-refractivity contribution in [1.82, 2.24) is 4.90 Å². The van der Waals surface area contributed by atoms with Gasteiger partial charge in [0.2, 0.25) is 0 Å². The van der Waals surface area contributed by atoms with Crippen molar-refractivity contribution in [3.05, 3.63) is 35.4 Å². The minimum absolute atomic E-state index is 0. The zero-order valence-electron chi connectivity index (χ0n) is 10.7. The number of hydrogen-bond donors (Lipinski definition) is 1. The standard InChI is InChI=1S/C13H22N2.ClH/c1-11-6-5-7-12(8-11)9-15(4)10-13(2,3)14;/h5-8H,9-10,14H2,1-4H3;1H. The number of likely N-dealkylation sites (N-methyl/N-ethyl adjacent to an activating group) is 1. The fraction of sp³-hybridized carbons (Fsp3) is 0.538. The molecular weight excluding hydrogens is 220 g/mol. The maximum absolute atomic E-state index is 5.98. The summed E-state index contributed by atoms with van der Waals surface area (Å²) >= 11 is 0. The summed E-state index contributed by atoms with van der Waals surface area (Å²) in [6.45, 7) is 8.10. The first kappa shape index (κ1) is 15.4. The van der Waals surface area contributed by atoms with Gasteiger partial charge in [-0.25, -0.2) is 0 Å². The van der Waals surface area contributed by atoms with E-state index >= 15 is 0 Å². The van der Waals surface area contributed by atoms with E-state index in [1.807, 2.05) is 0 Å². The number of nitrogens with two attached hydrogens (primary N) is 1. The molecule has 0 radical (unpaired) electrons. The van der Waals surface area contributed by atoms with Gasteiger partial charge in [-0.05, 0) is 33.4 Å². The van der Waals surface area contributed by atoms with E-state index in [1.54, 1.807) is 0 Å².